The molecule has 3 rings (SSSR count). The van der Waals surface area contributed by atoms with Crippen molar-refractivity contribution in [2.24, 2.45) is 7.05 Å². The largest absolute Gasteiger partial charge is 0.321 e. The summed E-state index contributed by atoms with van der Waals surface area (Å²) in [7, 11) is 1.80. The second kappa shape index (κ2) is 6.93. The van der Waals surface area contributed by atoms with Crippen molar-refractivity contribution in [2.45, 2.75) is 6.92 Å². The number of carbonyl (C=O) groups excluding carboxylic acids is 1. The number of carbonyl (C=O) groups is 1. The molecule has 1 aromatic carbocycles. The minimum Gasteiger partial charge on any atom is -0.321 e. The maximum atomic E-state index is 12.1. The maximum absolute atomic E-state index is 12.1. The molecule has 1 N–H and O–H groups in total. The van der Waals surface area contributed by atoms with Gasteiger partial charge >= 0.3 is 0 Å². The monoisotopic (exact) mass is 371 g/mol. The molecule has 3 aromatic rings. The molecule has 0 unspecified atom stereocenters. The van der Waals surface area contributed by atoms with Crippen LogP contribution in [0.4, 0.5) is 11.4 Å². The molecule has 0 atom stereocenters. The van der Waals surface area contributed by atoms with Crippen LogP contribution >= 0.6 is 11.6 Å². The Bertz CT molecular complexity index is 1060. The summed E-state index contributed by atoms with van der Waals surface area (Å²) in [5, 5.41) is 18.8. The lowest BCUT2D eigenvalue weighted by atomic mass is 10.2. The van der Waals surface area contributed by atoms with Gasteiger partial charge in [0.2, 0.25) is 5.91 Å². The zero-order valence-electron chi connectivity index (χ0n) is 13.9. The van der Waals surface area contributed by atoms with E-state index in [4.69, 9.17) is 11.6 Å². The standard InChI is InChI=1S/C17H14ClN5O3/c1-10-13-8-12(9-19-17(13)22(2)21-10)20-16(24)6-4-11-3-5-14(18)15(7-11)23(25)26/h3-9H,1-2H3,(H,20,24)/b6-4+. The average Bonchev–Trinajstić information content (AvgIpc) is 2.88. The summed E-state index contributed by atoms with van der Waals surface area (Å²) in [6, 6.07) is 6.11. The number of halogens is 1. The van der Waals surface area contributed by atoms with Crippen LogP contribution in [0.25, 0.3) is 17.1 Å². The fourth-order valence-electron chi connectivity index (χ4n) is 2.51. The van der Waals surface area contributed by atoms with E-state index in [0.29, 0.717) is 11.3 Å². The van der Waals surface area contributed by atoms with Crippen LogP contribution in [0.1, 0.15) is 11.3 Å². The summed E-state index contributed by atoms with van der Waals surface area (Å²) < 4.78 is 1.67. The summed E-state index contributed by atoms with van der Waals surface area (Å²) in [4.78, 5) is 26.7. The molecule has 9 heteroatoms. The van der Waals surface area contributed by atoms with Gasteiger partial charge < -0.3 is 5.32 Å². The van der Waals surface area contributed by atoms with E-state index in [0.717, 1.165) is 16.7 Å². The number of benzene rings is 1. The summed E-state index contributed by atoms with van der Waals surface area (Å²) >= 11 is 5.76. The Morgan fingerprint density at radius 1 is 1.38 bits per heavy atom. The number of anilines is 1. The Hall–Kier alpha value is -3.26. The van der Waals surface area contributed by atoms with Gasteiger partial charge in [-0.2, -0.15) is 5.10 Å². The molecule has 132 valence electrons. The fourth-order valence-corrected chi connectivity index (χ4v) is 2.69. The van der Waals surface area contributed by atoms with E-state index in [9.17, 15) is 14.9 Å². The van der Waals surface area contributed by atoms with Crippen molar-refractivity contribution in [1.82, 2.24) is 14.8 Å². The fraction of sp³-hybridized carbons (Fsp3) is 0.118. The van der Waals surface area contributed by atoms with Crippen LogP contribution in [0.5, 0.6) is 0 Å². The first-order chi connectivity index (χ1) is 12.3. The van der Waals surface area contributed by atoms with Gasteiger partial charge in [0.15, 0.2) is 5.65 Å². The Kier molecular flexibility index (Phi) is 4.68. The average molecular weight is 372 g/mol. The number of rotatable bonds is 4. The van der Waals surface area contributed by atoms with Gasteiger partial charge in [0.1, 0.15) is 5.02 Å². The molecule has 0 saturated carbocycles. The summed E-state index contributed by atoms with van der Waals surface area (Å²) in [5.41, 5.74) is 2.36. The number of nitro benzene ring substituents is 1. The number of hydrogen-bond donors (Lipinski definition) is 1. The van der Waals surface area contributed by atoms with Gasteiger partial charge in [0, 0.05) is 24.6 Å². The van der Waals surface area contributed by atoms with Crippen LogP contribution in [0.15, 0.2) is 36.5 Å². The van der Waals surface area contributed by atoms with Crippen LogP contribution in [-0.4, -0.2) is 25.6 Å². The van der Waals surface area contributed by atoms with E-state index in [2.05, 4.69) is 15.4 Å². The summed E-state index contributed by atoms with van der Waals surface area (Å²) in [5.74, 6) is -0.384. The Balaban J connectivity index is 1.76. The number of aryl methyl sites for hydroxylation is 2. The lowest BCUT2D eigenvalue weighted by Gasteiger charge is -2.02. The number of nitrogens with one attached hydrogen (secondary N) is 1. The highest BCUT2D eigenvalue weighted by Crippen LogP contribution is 2.25. The van der Waals surface area contributed by atoms with Crippen molar-refractivity contribution in [2.75, 3.05) is 5.32 Å². The Morgan fingerprint density at radius 3 is 2.88 bits per heavy atom. The SMILES string of the molecule is Cc1nn(C)c2ncc(NC(=O)/C=C/c3ccc(Cl)c([N+](=O)[O-])c3)cc12. The molecule has 0 spiro atoms. The van der Waals surface area contributed by atoms with Crippen molar-refractivity contribution in [3.8, 4) is 0 Å². The minimum atomic E-state index is -0.573. The number of hydrogen-bond acceptors (Lipinski definition) is 5. The summed E-state index contributed by atoms with van der Waals surface area (Å²) in [6.07, 6.45) is 4.30. The molecular formula is C17H14ClN5O3. The van der Waals surface area contributed by atoms with E-state index in [-0.39, 0.29) is 16.6 Å². The molecule has 8 nitrogen and oxygen atoms in total. The van der Waals surface area contributed by atoms with Crippen molar-refractivity contribution >= 4 is 46.0 Å². The quantitative estimate of drug-likeness (QED) is 0.429. The van der Waals surface area contributed by atoms with Gasteiger partial charge in [0.25, 0.3) is 5.69 Å². The molecule has 2 heterocycles. The normalized spacial score (nSPS) is 11.2. The van der Waals surface area contributed by atoms with Crippen LogP contribution < -0.4 is 5.32 Å². The van der Waals surface area contributed by atoms with Crippen LogP contribution in [0, 0.1) is 17.0 Å². The topological polar surface area (TPSA) is 103 Å². The third-order valence-electron chi connectivity index (χ3n) is 3.72. The lowest BCUT2D eigenvalue weighted by molar-refractivity contribution is -0.384. The third-order valence-corrected chi connectivity index (χ3v) is 4.04. The predicted molar refractivity (Wildman–Crippen MR) is 99.0 cm³/mol. The second-order valence-electron chi connectivity index (χ2n) is 5.59. The van der Waals surface area contributed by atoms with Crippen LogP contribution in [0.2, 0.25) is 5.02 Å². The Morgan fingerprint density at radius 2 is 2.15 bits per heavy atom. The molecule has 2 aromatic heterocycles. The maximum Gasteiger partial charge on any atom is 0.288 e. The zero-order chi connectivity index (χ0) is 18.8. The first-order valence-corrected chi connectivity index (χ1v) is 7.95. The number of fused-ring (bicyclic) bond motifs is 1. The zero-order valence-corrected chi connectivity index (χ0v) is 14.7. The smallest absolute Gasteiger partial charge is 0.288 e. The van der Waals surface area contributed by atoms with E-state index >= 15 is 0 Å². The highest BCUT2D eigenvalue weighted by atomic mass is 35.5. The predicted octanol–water partition coefficient (Wildman–Crippen LogP) is 3.49. The van der Waals surface area contributed by atoms with Crippen molar-refractivity contribution in [3.63, 3.8) is 0 Å². The van der Waals surface area contributed by atoms with Gasteiger partial charge in [-0.25, -0.2) is 4.98 Å². The second-order valence-corrected chi connectivity index (χ2v) is 6.00. The number of nitrogens with zero attached hydrogens (tertiary/aromatic N) is 4. The van der Waals surface area contributed by atoms with E-state index in [1.165, 1.54) is 24.3 Å². The number of aromatic nitrogens is 3. The molecule has 26 heavy (non-hydrogen) atoms. The molecule has 0 bridgehead atoms. The van der Waals surface area contributed by atoms with Crippen molar-refractivity contribution in [3.05, 3.63) is 62.9 Å². The van der Waals surface area contributed by atoms with E-state index in [1.54, 1.807) is 30.1 Å². The number of amides is 1. The molecule has 0 radical (unpaired) electrons. The Labute approximate surface area is 153 Å². The van der Waals surface area contributed by atoms with Gasteiger partial charge in [-0.1, -0.05) is 17.7 Å². The summed E-state index contributed by atoms with van der Waals surface area (Å²) in [6.45, 7) is 1.86. The van der Waals surface area contributed by atoms with Crippen LogP contribution in [0.3, 0.4) is 0 Å². The van der Waals surface area contributed by atoms with Crippen LogP contribution in [-0.2, 0) is 11.8 Å². The van der Waals surface area contributed by atoms with E-state index < -0.39 is 4.92 Å². The lowest BCUT2D eigenvalue weighted by Crippen LogP contribution is -2.08. The first-order valence-electron chi connectivity index (χ1n) is 7.57. The van der Waals surface area contributed by atoms with Crippen molar-refractivity contribution in [1.29, 1.82) is 0 Å². The highest BCUT2D eigenvalue weighted by Gasteiger charge is 2.12. The van der Waals surface area contributed by atoms with Gasteiger partial charge in [-0.05, 0) is 30.7 Å². The highest BCUT2D eigenvalue weighted by molar-refractivity contribution is 6.32. The first kappa shape index (κ1) is 17.6. The minimum absolute atomic E-state index is 0.0443. The van der Waals surface area contributed by atoms with Gasteiger partial charge in [-0.3, -0.25) is 19.6 Å². The molecule has 0 aliphatic carbocycles. The molecule has 0 aliphatic rings. The third kappa shape index (κ3) is 3.55. The van der Waals surface area contributed by atoms with Gasteiger partial charge in [0.05, 0.1) is 22.5 Å². The molecule has 0 fully saturated rings. The van der Waals surface area contributed by atoms with Gasteiger partial charge in [-0.15, -0.1) is 0 Å². The number of pyridine rings is 1. The van der Waals surface area contributed by atoms with Crippen molar-refractivity contribution < 1.29 is 9.72 Å². The van der Waals surface area contributed by atoms with E-state index in [1.807, 2.05) is 6.92 Å². The number of nitro groups is 1. The molecule has 0 aliphatic heterocycles. The molecule has 1 amide bonds. The molecule has 0 saturated heterocycles. The molecular weight excluding hydrogens is 358 g/mol.